The topological polar surface area (TPSA) is 93.9 Å². The maximum Gasteiger partial charge on any atom is 0.412 e. The van der Waals surface area contributed by atoms with Gasteiger partial charge < -0.3 is 18.9 Å². The Bertz CT molecular complexity index is 1260. The molecule has 2 aliphatic rings. The van der Waals surface area contributed by atoms with E-state index < -0.39 is 12.2 Å². The van der Waals surface area contributed by atoms with Crippen molar-refractivity contribution in [2.45, 2.75) is 51.6 Å². The lowest BCUT2D eigenvalue weighted by Gasteiger charge is -2.33. The summed E-state index contributed by atoms with van der Waals surface area (Å²) in [5, 5.41) is 7.49. The van der Waals surface area contributed by atoms with Gasteiger partial charge >= 0.3 is 12.1 Å². The van der Waals surface area contributed by atoms with Gasteiger partial charge in [-0.25, -0.2) is 4.79 Å². The maximum atomic E-state index is 12.7. The van der Waals surface area contributed by atoms with Gasteiger partial charge in [0, 0.05) is 35.3 Å². The van der Waals surface area contributed by atoms with E-state index in [2.05, 4.69) is 15.4 Å². The number of hydrogen-bond donors (Lipinski definition) is 1. The SMILES string of the molecule is Cc1noc(C2CCN(c3ccc(OC(=O)C4CC4)cc3)CC2)c1NC(=O)O[C@H](C)c1ccccc1Cl. The number of amides is 1. The van der Waals surface area contributed by atoms with Gasteiger partial charge in [0.1, 0.15) is 23.2 Å². The average Bonchev–Trinajstić information content (AvgIpc) is 3.69. The second-order valence-corrected chi connectivity index (χ2v) is 10.1. The number of benzene rings is 2. The van der Waals surface area contributed by atoms with Crippen LogP contribution in [-0.4, -0.2) is 30.3 Å². The molecule has 1 aliphatic carbocycles. The summed E-state index contributed by atoms with van der Waals surface area (Å²) in [6, 6.07) is 14.9. The van der Waals surface area contributed by atoms with Crippen LogP contribution in [-0.2, 0) is 9.53 Å². The molecular weight excluding hydrogens is 494 g/mol. The minimum absolute atomic E-state index is 0.0745. The van der Waals surface area contributed by atoms with Gasteiger partial charge in [-0.15, -0.1) is 0 Å². The van der Waals surface area contributed by atoms with Crippen molar-refractivity contribution in [1.82, 2.24) is 5.16 Å². The minimum atomic E-state index is -0.583. The number of aromatic nitrogens is 1. The van der Waals surface area contributed by atoms with Crippen molar-refractivity contribution in [3.63, 3.8) is 0 Å². The van der Waals surface area contributed by atoms with Crippen molar-refractivity contribution >= 4 is 35.0 Å². The Morgan fingerprint density at radius 1 is 1.08 bits per heavy atom. The lowest BCUT2D eigenvalue weighted by atomic mass is 9.92. The zero-order valence-electron chi connectivity index (χ0n) is 20.9. The van der Waals surface area contributed by atoms with E-state index in [4.69, 9.17) is 25.6 Å². The highest BCUT2D eigenvalue weighted by Crippen LogP contribution is 2.37. The highest BCUT2D eigenvalue weighted by atomic mass is 35.5. The van der Waals surface area contributed by atoms with Crippen LogP contribution < -0.4 is 15.0 Å². The number of rotatable bonds is 7. The van der Waals surface area contributed by atoms with E-state index in [0.29, 0.717) is 27.9 Å². The standard InChI is InChI=1S/C28H30ClN3O5/c1-17-25(30-28(34)35-18(2)23-5-3-4-6-24(23)29)26(37-31-17)19-13-15-32(16-14-19)21-9-11-22(12-10-21)36-27(33)20-7-8-20/h3-6,9-12,18-20H,7-8,13-16H2,1-2H3,(H,30,34)/t18-/m1/s1. The number of carbonyl (C=O) groups is 2. The summed E-state index contributed by atoms with van der Waals surface area (Å²) in [6.45, 7) is 5.21. The van der Waals surface area contributed by atoms with Crippen LogP contribution in [0.3, 0.4) is 0 Å². The molecule has 1 amide bonds. The molecule has 1 atom stereocenters. The van der Waals surface area contributed by atoms with Gasteiger partial charge in [0.25, 0.3) is 0 Å². The second kappa shape index (κ2) is 10.8. The third-order valence-electron chi connectivity index (χ3n) is 6.94. The summed E-state index contributed by atoms with van der Waals surface area (Å²) >= 11 is 6.23. The Kier molecular flexibility index (Phi) is 7.37. The highest BCUT2D eigenvalue weighted by Gasteiger charge is 2.32. The van der Waals surface area contributed by atoms with Crippen LogP contribution in [0.2, 0.25) is 5.02 Å². The smallest absolute Gasteiger partial charge is 0.412 e. The number of ether oxygens (including phenoxy) is 2. The first kappa shape index (κ1) is 25.1. The molecule has 1 saturated heterocycles. The number of carbonyl (C=O) groups excluding carboxylic acids is 2. The first-order valence-corrected chi connectivity index (χ1v) is 13.0. The van der Waals surface area contributed by atoms with Crippen LogP contribution in [0.5, 0.6) is 5.75 Å². The molecule has 5 rings (SSSR count). The van der Waals surface area contributed by atoms with Crippen LogP contribution in [0.1, 0.15) is 61.6 Å². The van der Waals surface area contributed by atoms with E-state index >= 15 is 0 Å². The van der Waals surface area contributed by atoms with Gasteiger partial charge in [-0.05, 0) is 69.9 Å². The van der Waals surface area contributed by atoms with Gasteiger partial charge in [0.15, 0.2) is 5.76 Å². The van der Waals surface area contributed by atoms with E-state index in [1.165, 1.54) is 0 Å². The second-order valence-electron chi connectivity index (χ2n) is 9.65. The lowest BCUT2D eigenvalue weighted by Crippen LogP contribution is -2.33. The lowest BCUT2D eigenvalue weighted by molar-refractivity contribution is -0.135. The molecule has 2 fully saturated rings. The van der Waals surface area contributed by atoms with Crippen LogP contribution in [0.4, 0.5) is 16.2 Å². The van der Waals surface area contributed by atoms with Crippen molar-refractivity contribution in [2.24, 2.45) is 5.92 Å². The Morgan fingerprint density at radius 3 is 2.46 bits per heavy atom. The van der Waals surface area contributed by atoms with Crippen molar-refractivity contribution in [2.75, 3.05) is 23.3 Å². The first-order valence-electron chi connectivity index (χ1n) is 12.6. The van der Waals surface area contributed by atoms with Crippen LogP contribution in [0.25, 0.3) is 0 Å². The van der Waals surface area contributed by atoms with Gasteiger partial charge in [0.05, 0.1) is 5.92 Å². The molecule has 3 aromatic rings. The third-order valence-corrected chi connectivity index (χ3v) is 7.28. The van der Waals surface area contributed by atoms with Crippen molar-refractivity contribution in [3.05, 3.63) is 70.6 Å². The fraction of sp³-hybridized carbons (Fsp3) is 0.393. The maximum absolute atomic E-state index is 12.7. The number of aryl methyl sites for hydroxylation is 1. The molecule has 0 spiro atoms. The largest absolute Gasteiger partial charge is 0.441 e. The van der Waals surface area contributed by atoms with Gasteiger partial charge in [-0.2, -0.15) is 0 Å². The number of halogens is 1. The molecule has 0 unspecified atom stereocenters. The van der Waals surface area contributed by atoms with E-state index in [1.807, 2.05) is 42.5 Å². The number of nitrogens with zero attached hydrogens (tertiary/aromatic N) is 2. The Balaban J connectivity index is 1.17. The number of piperidine rings is 1. The fourth-order valence-corrected chi connectivity index (χ4v) is 4.91. The molecule has 194 valence electrons. The molecule has 2 aromatic carbocycles. The normalized spacial score (nSPS) is 16.8. The molecule has 1 aliphatic heterocycles. The molecule has 9 heteroatoms. The third kappa shape index (κ3) is 5.91. The van der Waals surface area contributed by atoms with Crippen LogP contribution in [0.15, 0.2) is 53.1 Å². The summed E-state index contributed by atoms with van der Waals surface area (Å²) in [5.41, 5.74) is 2.99. The number of esters is 1. The molecule has 37 heavy (non-hydrogen) atoms. The van der Waals surface area contributed by atoms with Crippen molar-refractivity contribution < 1.29 is 23.6 Å². The first-order chi connectivity index (χ1) is 17.9. The molecule has 1 aromatic heterocycles. The van der Waals surface area contributed by atoms with E-state index in [-0.39, 0.29) is 17.8 Å². The van der Waals surface area contributed by atoms with Crippen LogP contribution >= 0.6 is 11.6 Å². The predicted octanol–water partition coefficient (Wildman–Crippen LogP) is 6.65. The van der Waals surface area contributed by atoms with Crippen molar-refractivity contribution in [3.8, 4) is 5.75 Å². The quantitative estimate of drug-likeness (QED) is 0.274. The average molecular weight is 524 g/mol. The minimum Gasteiger partial charge on any atom is -0.441 e. The van der Waals surface area contributed by atoms with E-state index in [9.17, 15) is 9.59 Å². The van der Waals surface area contributed by atoms with Crippen molar-refractivity contribution in [1.29, 1.82) is 0 Å². The molecule has 1 saturated carbocycles. The summed E-state index contributed by atoms with van der Waals surface area (Å²) in [7, 11) is 0. The summed E-state index contributed by atoms with van der Waals surface area (Å²) < 4.78 is 16.7. The number of nitrogens with one attached hydrogen (secondary N) is 1. The summed E-state index contributed by atoms with van der Waals surface area (Å²) in [4.78, 5) is 26.8. The van der Waals surface area contributed by atoms with E-state index in [0.717, 1.165) is 50.0 Å². The van der Waals surface area contributed by atoms with Gasteiger partial charge in [0.2, 0.25) is 0 Å². The van der Waals surface area contributed by atoms with E-state index in [1.54, 1.807) is 19.9 Å². The molecule has 1 N–H and O–H groups in total. The molecule has 8 nitrogen and oxygen atoms in total. The fourth-order valence-electron chi connectivity index (χ4n) is 4.62. The Hall–Kier alpha value is -3.52. The molecule has 0 radical (unpaired) electrons. The Labute approximate surface area is 220 Å². The summed E-state index contributed by atoms with van der Waals surface area (Å²) in [5.74, 6) is 1.31. The molecule has 0 bridgehead atoms. The molecule has 2 heterocycles. The summed E-state index contributed by atoms with van der Waals surface area (Å²) in [6.07, 6.45) is 2.44. The highest BCUT2D eigenvalue weighted by molar-refractivity contribution is 6.31. The Morgan fingerprint density at radius 2 is 1.78 bits per heavy atom. The predicted molar refractivity (Wildman–Crippen MR) is 140 cm³/mol. The zero-order chi connectivity index (χ0) is 25.9. The van der Waals surface area contributed by atoms with Gasteiger partial charge in [-0.3, -0.25) is 10.1 Å². The number of anilines is 2. The zero-order valence-corrected chi connectivity index (χ0v) is 21.7. The number of hydrogen-bond acceptors (Lipinski definition) is 7. The monoisotopic (exact) mass is 523 g/mol. The van der Waals surface area contributed by atoms with Gasteiger partial charge in [-0.1, -0.05) is 35.0 Å². The molecular formula is C28H30ClN3O5. The van der Waals surface area contributed by atoms with Crippen LogP contribution in [0, 0.1) is 12.8 Å².